The van der Waals surface area contributed by atoms with Gasteiger partial charge in [0, 0.05) is 24.6 Å². The third kappa shape index (κ3) is 3.64. The third-order valence-electron chi connectivity index (χ3n) is 5.58. The molecule has 2 aromatic rings. The van der Waals surface area contributed by atoms with Crippen LogP contribution >= 0.6 is 0 Å². The van der Waals surface area contributed by atoms with Crippen molar-refractivity contribution in [1.82, 2.24) is 15.0 Å². The Hall–Kier alpha value is -2.24. The summed E-state index contributed by atoms with van der Waals surface area (Å²) in [5, 5.41) is 4.06. The van der Waals surface area contributed by atoms with E-state index in [1.165, 1.54) is 25.0 Å². The molecule has 2 heterocycles. The highest BCUT2D eigenvalue weighted by atomic mass is 19.1. The highest BCUT2D eigenvalue weighted by Crippen LogP contribution is 2.31. The normalized spacial score (nSPS) is 21.7. The molecular weight excluding hydrogens is 333 g/mol. The van der Waals surface area contributed by atoms with E-state index in [9.17, 15) is 9.18 Å². The van der Waals surface area contributed by atoms with Crippen molar-refractivity contribution in [1.29, 1.82) is 0 Å². The molecule has 1 aromatic heterocycles. The van der Waals surface area contributed by atoms with Crippen molar-refractivity contribution < 1.29 is 13.7 Å². The van der Waals surface area contributed by atoms with Crippen molar-refractivity contribution in [3.63, 3.8) is 0 Å². The van der Waals surface area contributed by atoms with Crippen LogP contribution in [-0.2, 0) is 4.79 Å². The summed E-state index contributed by atoms with van der Waals surface area (Å²) >= 11 is 0. The van der Waals surface area contributed by atoms with Crippen LogP contribution in [0, 0.1) is 11.7 Å². The molecule has 0 unspecified atom stereocenters. The summed E-state index contributed by atoms with van der Waals surface area (Å²) in [6.45, 7) is 1.48. The number of hydrogen-bond acceptors (Lipinski definition) is 4. The molecule has 1 aliphatic carbocycles. The summed E-state index contributed by atoms with van der Waals surface area (Å²) in [6, 6.07) is 6.07. The Morgan fingerprint density at radius 3 is 2.58 bits per heavy atom. The zero-order valence-corrected chi connectivity index (χ0v) is 14.9. The molecule has 5 nitrogen and oxygen atoms in total. The van der Waals surface area contributed by atoms with Crippen molar-refractivity contribution >= 4 is 5.91 Å². The number of carbonyl (C=O) groups is 1. The fourth-order valence-electron chi connectivity index (χ4n) is 4.09. The minimum Gasteiger partial charge on any atom is -0.342 e. The van der Waals surface area contributed by atoms with Crippen LogP contribution in [0.1, 0.15) is 56.8 Å². The average molecular weight is 357 g/mol. The fraction of sp³-hybridized carbons (Fsp3) is 0.550. The van der Waals surface area contributed by atoms with E-state index in [1.807, 2.05) is 4.90 Å². The van der Waals surface area contributed by atoms with Crippen LogP contribution < -0.4 is 0 Å². The number of halogens is 1. The number of rotatable bonds is 3. The number of hydrogen-bond donors (Lipinski definition) is 0. The predicted molar refractivity (Wildman–Crippen MR) is 94.8 cm³/mol. The summed E-state index contributed by atoms with van der Waals surface area (Å²) in [6.07, 6.45) is 7.39. The Morgan fingerprint density at radius 1 is 1.08 bits per heavy atom. The van der Waals surface area contributed by atoms with E-state index < -0.39 is 0 Å². The van der Waals surface area contributed by atoms with Crippen LogP contribution in [0.4, 0.5) is 4.39 Å². The number of likely N-dealkylation sites (tertiary alicyclic amines) is 1. The summed E-state index contributed by atoms with van der Waals surface area (Å²) in [5.41, 5.74) is 0.730. The maximum absolute atomic E-state index is 13.1. The number of carbonyl (C=O) groups excluding carboxylic acids is 1. The smallest absolute Gasteiger partial charge is 0.231 e. The molecule has 2 aliphatic rings. The van der Waals surface area contributed by atoms with Gasteiger partial charge in [-0.05, 0) is 49.9 Å². The van der Waals surface area contributed by atoms with Gasteiger partial charge in [0.05, 0.1) is 5.92 Å². The Labute approximate surface area is 152 Å². The van der Waals surface area contributed by atoms with Gasteiger partial charge in [-0.25, -0.2) is 4.39 Å². The summed E-state index contributed by atoms with van der Waals surface area (Å²) in [5.74, 6) is 1.33. The third-order valence-corrected chi connectivity index (χ3v) is 5.58. The van der Waals surface area contributed by atoms with Crippen molar-refractivity contribution in [2.45, 2.75) is 50.9 Å². The highest BCUT2D eigenvalue weighted by Gasteiger charge is 2.31. The number of nitrogens with zero attached hydrogens (tertiary/aromatic N) is 3. The van der Waals surface area contributed by atoms with E-state index >= 15 is 0 Å². The van der Waals surface area contributed by atoms with E-state index in [4.69, 9.17) is 4.52 Å². The molecule has 1 aliphatic heterocycles. The summed E-state index contributed by atoms with van der Waals surface area (Å²) in [4.78, 5) is 19.4. The fourth-order valence-corrected chi connectivity index (χ4v) is 4.09. The van der Waals surface area contributed by atoms with Gasteiger partial charge in [-0.15, -0.1) is 0 Å². The predicted octanol–water partition coefficient (Wildman–Crippen LogP) is 4.16. The van der Waals surface area contributed by atoms with Crippen LogP contribution in [0.2, 0.25) is 0 Å². The van der Waals surface area contributed by atoms with Crippen molar-refractivity contribution in [2.24, 2.45) is 5.92 Å². The van der Waals surface area contributed by atoms with Gasteiger partial charge in [0.2, 0.25) is 17.6 Å². The van der Waals surface area contributed by atoms with Gasteiger partial charge in [0.15, 0.2) is 0 Å². The van der Waals surface area contributed by atoms with Gasteiger partial charge in [0.1, 0.15) is 5.82 Å². The first-order valence-corrected chi connectivity index (χ1v) is 9.59. The molecule has 1 amide bonds. The first-order valence-electron chi connectivity index (χ1n) is 9.59. The number of aromatic nitrogens is 2. The van der Waals surface area contributed by atoms with Gasteiger partial charge in [-0.2, -0.15) is 4.98 Å². The molecule has 0 N–H and O–H groups in total. The van der Waals surface area contributed by atoms with Crippen molar-refractivity contribution in [2.75, 3.05) is 13.1 Å². The Morgan fingerprint density at radius 2 is 1.81 bits per heavy atom. The lowest BCUT2D eigenvalue weighted by Crippen LogP contribution is -2.37. The molecule has 4 rings (SSSR count). The van der Waals surface area contributed by atoms with Gasteiger partial charge in [-0.1, -0.05) is 24.4 Å². The summed E-state index contributed by atoms with van der Waals surface area (Å²) in [7, 11) is 0. The maximum atomic E-state index is 13.1. The first kappa shape index (κ1) is 17.2. The Bertz CT molecular complexity index is 753. The summed E-state index contributed by atoms with van der Waals surface area (Å²) < 4.78 is 18.6. The molecule has 0 bridgehead atoms. The monoisotopic (exact) mass is 357 g/mol. The lowest BCUT2D eigenvalue weighted by Gasteiger charge is -2.25. The number of benzene rings is 1. The maximum Gasteiger partial charge on any atom is 0.231 e. The van der Waals surface area contributed by atoms with Gasteiger partial charge < -0.3 is 9.42 Å². The van der Waals surface area contributed by atoms with Crippen molar-refractivity contribution in [3.8, 4) is 11.4 Å². The number of amides is 1. The van der Waals surface area contributed by atoms with Crippen LogP contribution in [0.3, 0.4) is 0 Å². The molecule has 1 atom stereocenters. The van der Waals surface area contributed by atoms with Gasteiger partial charge in [0.25, 0.3) is 0 Å². The topological polar surface area (TPSA) is 59.2 Å². The lowest BCUT2D eigenvalue weighted by molar-refractivity contribution is -0.135. The Kier molecular flexibility index (Phi) is 5.00. The van der Waals surface area contributed by atoms with E-state index in [-0.39, 0.29) is 17.7 Å². The highest BCUT2D eigenvalue weighted by molar-refractivity contribution is 5.79. The van der Waals surface area contributed by atoms with Crippen molar-refractivity contribution in [3.05, 3.63) is 36.0 Å². The van der Waals surface area contributed by atoms with Crippen LogP contribution in [-0.4, -0.2) is 34.0 Å². The molecule has 26 heavy (non-hydrogen) atoms. The largest absolute Gasteiger partial charge is 0.342 e. The quantitative estimate of drug-likeness (QED) is 0.827. The SMILES string of the molecule is O=C(C1CCCC1)N1CCCC[C@H](c2nc(-c3ccc(F)cc3)no2)C1. The molecule has 1 saturated heterocycles. The average Bonchev–Trinajstić information content (AvgIpc) is 3.30. The first-order chi connectivity index (χ1) is 12.7. The molecule has 2 fully saturated rings. The zero-order valence-electron chi connectivity index (χ0n) is 14.9. The minimum atomic E-state index is -0.290. The lowest BCUT2D eigenvalue weighted by atomic mass is 10.0. The van der Waals surface area contributed by atoms with E-state index in [0.717, 1.165) is 44.2 Å². The minimum absolute atomic E-state index is 0.0737. The second kappa shape index (κ2) is 7.56. The second-order valence-corrected chi connectivity index (χ2v) is 7.42. The second-order valence-electron chi connectivity index (χ2n) is 7.42. The standard InChI is InChI=1S/C20H24FN3O2/c21-17-10-8-14(9-11-17)18-22-19(26-23-18)16-7-3-4-12-24(13-16)20(25)15-5-1-2-6-15/h8-11,15-16H,1-7,12-13H2/t16-/m0/s1. The molecular formula is C20H24FN3O2. The molecule has 1 saturated carbocycles. The molecule has 0 spiro atoms. The molecule has 0 radical (unpaired) electrons. The van der Waals surface area contributed by atoms with Crippen LogP contribution in [0.15, 0.2) is 28.8 Å². The van der Waals surface area contributed by atoms with Crippen LogP contribution in [0.25, 0.3) is 11.4 Å². The van der Waals surface area contributed by atoms with E-state index in [0.29, 0.717) is 24.2 Å². The van der Waals surface area contributed by atoms with Gasteiger partial charge in [-0.3, -0.25) is 4.79 Å². The van der Waals surface area contributed by atoms with E-state index in [1.54, 1.807) is 12.1 Å². The Balaban J connectivity index is 1.49. The molecule has 1 aromatic carbocycles. The van der Waals surface area contributed by atoms with Gasteiger partial charge >= 0.3 is 0 Å². The van der Waals surface area contributed by atoms with Crippen LogP contribution in [0.5, 0.6) is 0 Å². The molecule has 6 heteroatoms. The van der Waals surface area contributed by atoms with E-state index in [2.05, 4.69) is 10.1 Å². The molecule has 138 valence electrons. The zero-order chi connectivity index (χ0) is 17.9.